The zero-order valence-electron chi connectivity index (χ0n) is 14.0. The number of carbonyl (C=O) groups is 1. The summed E-state index contributed by atoms with van der Waals surface area (Å²) in [6.45, 7) is 2.16. The third-order valence-corrected chi connectivity index (χ3v) is 3.97. The Balaban J connectivity index is 1.61. The highest BCUT2D eigenvalue weighted by Crippen LogP contribution is 2.32. The van der Waals surface area contributed by atoms with Gasteiger partial charge < -0.3 is 18.9 Å². The predicted octanol–water partition coefficient (Wildman–Crippen LogP) is 3.59. The summed E-state index contributed by atoms with van der Waals surface area (Å²) in [6.07, 6.45) is -0.804. The molecule has 0 fully saturated rings. The number of rotatable bonds is 5. The van der Waals surface area contributed by atoms with Crippen LogP contribution in [0.5, 0.6) is 11.5 Å². The molecular weight excluding hydrogens is 358 g/mol. The standard InChI is InChI=1S/C19H16ClNO5/c1-12(26-17-4-2-13(8-21)3-5-17)19(22)24-10-15-7-16(20)6-14-9-23-11-25-18(14)15/h2-7,12H,9-11H2,1H3/t12-/m1/s1. The molecule has 0 amide bonds. The van der Waals surface area contributed by atoms with E-state index in [2.05, 4.69) is 0 Å². The number of nitriles is 1. The van der Waals surface area contributed by atoms with Crippen molar-refractivity contribution in [1.29, 1.82) is 5.26 Å². The Morgan fingerprint density at radius 1 is 1.35 bits per heavy atom. The fourth-order valence-corrected chi connectivity index (χ4v) is 2.75. The van der Waals surface area contributed by atoms with Gasteiger partial charge in [-0.05, 0) is 43.3 Å². The van der Waals surface area contributed by atoms with Crippen LogP contribution in [0.1, 0.15) is 23.6 Å². The van der Waals surface area contributed by atoms with Gasteiger partial charge in [-0.3, -0.25) is 0 Å². The van der Waals surface area contributed by atoms with Gasteiger partial charge in [0.25, 0.3) is 0 Å². The third kappa shape index (κ3) is 4.26. The number of halogens is 1. The number of hydrogen-bond donors (Lipinski definition) is 0. The summed E-state index contributed by atoms with van der Waals surface area (Å²) in [5, 5.41) is 9.31. The molecule has 0 aromatic heterocycles. The maximum Gasteiger partial charge on any atom is 0.347 e. The first-order valence-electron chi connectivity index (χ1n) is 7.92. The number of carbonyl (C=O) groups excluding carboxylic acids is 1. The molecule has 0 aliphatic carbocycles. The predicted molar refractivity (Wildman–Crippen MR) is 92.8 cm³/mol. The first-order chi connectivity index (χ1) is 12.6. The molecular formula is C19H16ClNO5. The van der Waals surface area contributed by atoms with Gasteiger partial charge in [-0.25, -0.2) is 4.79 Å². The monoisotopic (exact) mass is 373 g/mol. The van der Waals surface area contributed by atoms with Crippen LogP contribution < -0.4 is 9.47 Å². The zero-order chi connectivity index (χ0) is 18.5. The zero-order valence-corrected chi connectivity index (χ0v) is 14.8. The minimum Gasteiger partial charge on any atom is -0.479 e. The van der Waals surface area contributed by atoms with E-state index in [4.69, 9.17) is 35.8 Å². The lowest BCUT2D eigenvalue weighted by molar-refractivity contribution is -0.152. The molecule has 0 spiro atoms. The van der Waals surface area contributed by atoms with Gasteiger partial charge in [0.15, 0.2) is 12.9 Å². The highest BCUT2D eigenvalue weighted by Gasteiger charge is 2.20. The Bertz CT molecular complexity index is 844. The first-order valence-corrected chi connectivity index (χ1v) is 8.30. The average Bonchev–Trinajstić information content (AvgIpc) is 2.66. The van der Waals surface area contributed by atoms with E-state index in [0.717, 1.165) is 5.56 Å². The van der Waals surface area contributed by atoms with E-state index < -0.39 is 12.1 Å². The van der Waals surface area contributed by atoms with Gasteiger partial charge in [0.2, 0.25) is 0 Å². The Morgan fingerprint density at radius 3 is 2.85 bits per heavy atom. The highest BCUT2D eigenvalue weighted by molar-refractivity contribution is 6.30. The van der Waals surface area contributed by atoms with Crippen LogP contribution in [0.3, 0.4) is 0 Å². The van der Waals surface area contributed by atoms with Gasteiger partial charge in [0.1, 0.15) is 18.1 Å². The average molecular weight is 374 g/mol. The quantitative estimate of drug-likeness (QED) is 0.745. The molecule has 0 radical (unpaired) electrons. The summed E-state index contributed by atoms with van der Waals surface area (Å²) < 4.78 is 21.6. The van der Waals surface area contributed by atoms with Crippen LogP contribution in [0, 0.1) is 11.3 Å². The van der Waals surface area contributed by atoms with Crippen LogP contribution in [0.25, 0.3) is 0 Å². The molecule has 26 heavy (non-hydrogen) atoms. The Kier molecular flexibility index (Phi) is 5.61. The van der Waals surface area contributed by atoms with E-state index >= 15 is 0 Å². The Morgan fingerprint density at radius 2 is 2.12 bits per heavy atom. The fourth-order valence-electron chi connectivity index (χ4n) is 2.49. The molecule has 0 unspecified atom stereocenters. The van der Waals surface area contributed by atoms with Gasteiger partial charge in [0, 0.05) is 16.1 Å². The molecule has 1 aliphatic heterocycles. The lowest BCUT2D eigenvalue weighted by Gasteiger charge is -2.21. The van der Waals surface area contributed by atoms with Crippen molar-refractivity contribution in [2.24, 2.45) is 0 Å². The molecule has 6 nitrogen and oxygen atoms in total. The van der Waals surface area contributed by atoms with Crippen molar-refractivity contribution in [3.05, 3.63) is 58.1 Å². The molecule has 0 N–H and O–H groups in total. The van der Waals surface area contributed by atoms with Crippen LogP contribution in [0.15, 0.2) is 36.4 Å². The van der Waals surface area contributed by atoms with Crippen LogP contribution >= 0.6 is 11.6 Å². The summed E-state index contributed by atoms with van der Waals surface area (Å²) >= 11 is 6.09. The number of benzene rings is 2. The van der Waals surface area contributed by atoms with Crippen molar-refractivity contribution in [3.8, 4) is 17.6 Å². The Labute approximate surface area is 155 Å². The molecule has 1 aliphatic rings. The van der Waals surface area contributed by atoms with Crippen LogP contribution in [0.4, 0.5) is 0 Å². The molecule has 0 saturated carbocycles. The summed E-state index contributed by atoms with van der Waals surface area (Å²) in [6, 6.07) is 12.0. The van der Waals surface area contributed by atoms with Gasteiger partial charge in [0.05, 0.1) is 18.2 Å². The maximum absolute atomic E-state index is 12.2. The summed E-state index contributed by atoms with van der Waals surface area (Å²) in [7, 11) is 0. The van der Waals surface area contributed by atoms with Crippen LogP contribution in [0.2, 0.25) is 5.02 Å². The van der Waals surface area contributed by atoms with E-state index in [9.17, 15) is 4.79 Å². The smallest absolute Gasteiger partial charge is 0.347 e. The number of nitrogens with zero attached hydrogens (tertiary/aromatic N) is 1. The number of esters is 1. The van der Waals surface area contributed by atoms with Crippen molar-refractivity contribution in [1.82, 2.24) is 0 Å². The summed E-state index contributed by atoms with van der Waals surface area (Å²) in [5.41, 5.74) is 2.01. The van der Waals surface area contributed by atoms with Crippen molar-refractivity contribution in [2.75, 3.05) is 6.79 Å². The minimum absolute atomic E-state index is 0.0167. The lowest BCUT2D eigenvalue weighted by atomic mass is 10.1. The summed E-state index contributed by atoms with van der Waals surface area (Å²) in [5.74, 6) is 0.596. The highest BCUT2D eigenvalue weighted by atomic mass is 35.5. The molecule has 3 rings (SSSR count). The molecule has 0 saturated heterocycles. The molecule has 7 heteroatoms. The second-order valence-corrected chi connectivity index (χ2v) is 6.10. The largest absolute Gasteiger partial charge is 0.479 e. The molecule has 2 aromatic rings. The topological polar surface area (TPSA) is 77.8 Å². The van der Waals surface area contributed by atoms with Crippen molar-refractivity contribution >= 4 is 17.6 Å². The fraction of sp³-hybridized carbons (Fsp3) is 0.263. The second kappa shape index (κ2) is 8.09. The van der Waals surface area contributed by atoms with Crippen molar-refractivity contribution < 1.29 is 23.7 Å². The number of fused-ring (bicyclic) bond motifs is 1. The van der Waals surface area contributed by atoms with Crippen LogP contribution in [-0.2, 0) is 27.5 Å². The first kappa shape index (κ1) is 18.1. The molecule has 1 atom stereocenters. The molecule has 1 heterocycles. The van der Waals surface area contributed by atoms with E-state index in [1.807, 2.05) is 6.07 Å². The second-order valence-electron chi connectivity index (χ2n) is 5.67. The van der Waals surface area contributed by atoms with Gasteiger partial charge in [-0.15, -0.1) is 0 Å². The Hall–Kier alpha value is -2.75. The van der Waals surface area contributed by atoms with E-state index in [0.29, 0.717) is 34.3 Å². The normalized spacial score (nSPS) is 13.7. The maximum atomic E-state index is 12.2. The van der Waals surface area contributed by atoms with Gasteiger partial charge >= 0.3 is 5.97 Å². The molecule has 2 aromatic carbocycles. The number of hydrogen-bond acceptors (Lipinski definition) is 6. The van der Waals surface area contributed by atoms with Gasteiger partial charge in [-0.1, -0.05) is 11.6 Å². The van der Waals surface area contributed by atoms with Crippen LogP contribution in [-0.4, -0.2) is 18.9 Å². The minimum atomic E-state index is -0.804. The molecule has 0 bridgehead atoms. The van der Waals surface area contributed by atoms with E-state index in [1.165, 1.54) is 0 Å². The third-order valence-electron chi connectivity index (χ3n) is 3.75. The molecule has 134 valence electrons. The SMILES string of the molecule is C[C@@H](Oc1ccc(C#N)cc1)C(=O)OCc1cc(Cl)cc2c1OCOC2. The lowest BCUT2D eigenvalue weighted by Crippen LogP contribution is -2.26. The van der Waals surface area contributed by atoms with Crippen molar-refractivity contribution in [3.63, 3.8) is 0 Å². The van der Waals surface area contributed by atoms with Gasteiger partial charge in [-0.2, -0.15) is 5.26 Å². The van der Waals surface area contributed by atoms with E-state index in [-0.39, 0.29) is 13.4 Å². The number of ether oxygens (including phenoxy) is 4. The summed E-state index contributed by atoms with van der Waals surface area (Å²) in [4.78, 5) is 12.2. The van der Waals surface area contributed by atoms with E-state index in [1.54, 1.807) is 43.3 Å². The van der Waals surface area contributed by atoms with Crippen molar-refractivity contribution in [2.45, 2.75) is 26.2 Å².